The van der Waals surface area contributed by atoms with E-state index in [9.17, 15) is 17.6 Å². The van der Waals surface area contributed by atoms with Gasteiger partial charge in [0, 0.05) is 17.7 Å². The minimum atomic E-state index is -1.42. The van der Waals surface area contributed by atoms with Crippen molar-refractivity contribution >= 4 is 12.4 Å². The molecule has 2 N–H and O–H groups in total. The average molecular weight is 258 g/mol. The van der Waals surface area contributed by atoms with Gasteiger partial charge in [-0.2, -0.15) is 0 Å². The van der Waals surface area contributed by atoms with Gasteiger partial charge >= 0.3 is 0 Å². The zero-order valence-corrected chi connectivity index (χ0v) is 9.38. The number of benzene rings is 1. The van der Waals surface area contributed by atoms with Gasteiger partial charge in [-0.3, -0.25) is 0 Å². The Balaban J connectivity index is 0.00000225. The van der Waals surface area contributed by atoms with Gasteiger partial charge < -0.3 is 5.73 Å². The van der Waals surface area contributed by atoms with Crippen LogP contribution in [0.3, 0.4) is 0 Å². The standard InChI is InChI=1S/C10H11F4N.ClH/c1-2-3-7(15)8-9(13)5(11)4-6(12)10(8)14;/h4,7H,2-3,15H2,1H3;1H/t7-;/m1./s1. The SMILES string of the molecule is CCC[C@@H](N)c1c(F)c(F)cc(F)c1F.Cl. The molecule has 0 fully saturated rings. The van der Waals surface area contributed by atoms with Crippen LogP contribution >= 0.6 is 12.4 Å². The predicted octanol–water partition coefficient (Wildman–Crippen LogP) is 3.46. The molecule has 6 heteroatoms. The first-order valence-corrected chi connectivity index (χ1v) is 4.57. The molecule has 16 heavy (non-hydrogen) atoms. The third-order valence-corrected chi connectivity index (χ3v) is 2.12. The van der Waals surface area contributed by atoms with Crippen LogP contribution in [-0.2, 0) is 0 Å². The van der Waals surface area contributed by atoms with Crippen LogP contribution in [0.1, 0.15) is 31.4 Å². The van der Waals surface area contributed by atoms with Gasteiger partial charge in [0.1, 0.15) is 0 Å². The Morgan fingerprint density at radius 2 is 1.56 bits per heavy atom. The van der Waals surface area contributed by atoms with Crippen molar-refractivity contribution in [2.45, 2.75) is 25.8 Å². The second-order valence-electron chi connectivity index (χ2n) is 3.28. The highest BCUT2D eigenvalue weighted by molar-refractivity contribution is 5.85. The van der Waals surface area contributed by atoms with Crippen LogP contribution in [0.25, 0.3) is 0 Å². The van der Waals surface area contributed by atoms with Crippen LogP contribution in [0.4, 0.5) is 17.6 Å². The third-order valence-electron chi connectivity index (χ3n) is 2.12. The Morgan fingerprint density at radius 1 is 1.12 bits per heavy atom. The molecule has 92 valence electrons. The zero-order chi connectivity index (χ0) is 11.6. The molecule has 1 aromatic carbocycles. The summed E-state index contributed by atoms with van der Waals surface area (Å²) in [5, 5.41) is 0. The summed E-state index contributed by atoms with van der Waals surface area (Å²) < 4.78 is 51.9. The lowest BCUT2D eigenvalue weighted by molar-refractivity contribution is 0.421. The highest BCUT2D eigenvalue weighted by Crippen LogP contribution is 2.26. The van der Waals surface area contributed by atoms with E-state index in [1.165, 1.54) is 0 Å². The maximum atomic E-state index is 13.2. The second kappa shape index (κ2) is 6.06. The van der Waals surface area contributed by atoms with Crippen molar-refractivity contribution in [1.82, 2.24) is 0 Å². The Morgan fingerprint density at radius 3 is 1.94 bits per heavy atom. The fraction of sp³-hybridized carbons (Fsp3) is 0.400. The molecule has 1 nitrogen and oxygen atoms in total. The topological polar surface area (TPSA) is 26.0 Å². The summed E-state index contributed by atoms with van der Waals surface area (Å²) in [6.07, 6.45) is 0.828. The summed E-state index contributed by atoms with van der Waals surface area (Å²) in [6, 6.07) is -0.854. The van der Waals surface area contributed by atoms with E-state index in [1.807, 2.05) is 0 Å². The molecule has 1 aromatic rings. The maximum absolute atomic E-state index is 13.2. The number of halogens is 5. The molecule has 0 aliphatic heterocycles. The van der Waals surface area contributed by atoms with Crippen molar-refractivity contribution < 1.29 is 17.6 Å². The molecule has 0 radical (unpaired) electrons. The van der Waals surface area contributed by atoms with Crippen LogP contribution in [-0.4, -0.2) is 0 Å². The molecule has 0 heterocycles. The monoisotopic (exact) mass is 257 g/mol. The minimum absolute atomic E-state index is 0. The molecule has 0 aliphatic carbocycles. The molecule has 0 amide bonds. The summed E-state index contributed by atoms with van der Waals surface area (Å²) in [6.45, 7) is 1.76. The summed E-state index contributed by atoms with van der Waals surface area (Å²) >= 11 is 0. The number of rotatable bonds is 3. The first-order valence-electron chi connectivity index (χ1n) is 4.57. The highest BCUT2D eigenvalue weighted by Gasteiger charge is 2.23. The fourth-order valence-corrected chi connectivity index (χ4v) is 1.37. The van der Waals surface area contributed by atoms with E-state index in [0.29, 0.717) is 6.42 Å². The lowest BCUT2D eigenvalue weighted by Crippen LogP contribution is -2.16. The van der Waals surface area contributed by atoms with E-state index < -0.39 is 34.9 Å². The van der Waals surface area contributed by atoms with Crippen LogP contribution < -0.4 is 5.73 Å². The summed E-state index contributed by atoms with van der Waals surface area (Å²) in [4.78, 5) is 0. The van der Waals surface area contributed by atoms with Crippen LogP contribution in [0.5, 0.6) is 0 Å². The Labute approximate surface area is 97.0 Å². The number of hydrogen-bond acceptors (Lipinski definition) is 1. The van der Waals surface area contributed by atoms with Crippen molar-refractivity contribution in [1.29, 1.82) is 0 Å². The lowest BCUT2D eigenvalue weighted by Gasteiger charge is -2.13. The normalized spacial score (nSPS) is 12.1. The van der Waals surface area contributed by atoms with E-state index in [4.69, 9.17) is 5.73 Å². The molecule has 0 saturated heterocycles. The maximum Gasteiger partial charge on any atom is 0.166 e. The predicted molar refractivity (Wildman–Crippen MR) is 55.4 cm³/mol. The van der Waals surface area contributed by atoms with Gasteiger partial charge in [-0.05, 0) is 6.42 Å². The van der Waals surface area contributed by atoms with Crippen molar-refractivity contribution in [2.75, 3.05) is 0 Å². The molecule has 0 saturated carbocycles. The molecule has 0 spiro atoms. The van der Waals surface area contributed by atoms with Gasteiger partial charge in [-0.15, -0.1) is 12.4 Å². The Kier molecular flexibility index (Phi) is 5.75. The second-order valence-corrected chi connectivity index (χ2v) is 3.28. The van der Waals surface area contributed by atoms with Crippen molar-refractivity contribution in [3.63, 3.8) is 0 Å². The number of nitrogens with two attached hydrogens (primary N) is 1. The molecule has 0 unspecified atom stereocenters. The summed E-state index contributed by atoms with van der Waals surface area (Å²) in [5.74, 6) is -5.66. The fourth-order valence-electron chi connectivity index (χ4n) is 1.37. The smallest absolute Gasteiger partial charge is 0.166 e. The van der Waals surface area contributed by atoms with Crippen LogP contribution in [0.15, 0.2) is 6.07 Å². The molecule has 0 bridgehead atoms. The van der Waals surface area contributed by atoms with E-state index >= 15 is 0 Å². The summed E-state index contributed by atoms with van der Waals surface area (Å²) in [7, 11) is 0. The Hall–Kier alpha value is -0.810. The van der Waals surface area contributed by atoms with Crippen molar-refractivity contribution in [3.8, 4) is 0 Å². The summed E-state index contributed by atoms with van der Waals surface area (Å²) in [5.41, 5.74) is 4.72. The van der Waals surface area contributed by atoms with Gasteiger partial charge in [0.25, 0.3) is 0 Å². The van der Waals surface area contributed by atoms with E-state index in [1.54, 1.807) is 6.92 Å². The van der Waals surface area contributed by atoms with E-state index in [-0.39, 0.29) is 24.9 Å². The molecule has 1 atom stereocenters. The van der Waals surface area contributed by atoms with Gasteiger partial charge in [0.15, 0.2) is 23.3 Å². The molecular weight excluding hydrogens is 246 g/mol. The lowest BCUT2D eigenvalue weighted by atomic mass is 10.0. The quantitative estimate of drug-likeness (QED) is 0.651. The van der Waals surface area contributed by atoms with Crippen LogP contribution in [0, 0.1) is 23.3 Å². The van der Waals surface area contributed by atoms with Gasteiger partial charge in [-0.1, -0.05) is 13.3 Å². The van der Waals surface area contributed by atoms with Gasteiger partial charge in [0.05, 0.1) is 0 Å². The highest BCUT2D eigenvalue weighted by atomic mass is 35.5. The van der Waals surface area contributed by atoms with Crippen molar-refractivity contribution in [3.05, 3.63) is 34.9 Å². The first-order chi connectivity index (χ1) is 6.99. The third kappa shape index (κ3) is 2.86. The first kappa shape index (κ1) is 15.2. The zero-order valence-electron chi connectivity index (χ0n) is 8.57. The molecule has 1 rings (SSSR count). The Bertz CT molecular complexity index is 344. The van der Waals surface area contributed by atoms with Crippen molar-refractivity contribution in [2.24, 2.45) is 5.73 Å². The number of hydrogen-bond donors (Lipinski definition) is 1. The largest absolute Gasteiger partial charge is 0.324 e. The van der Waals surface area contributed by atoms with Crippen LogP contribution in [0.2, 0.25) is 0 Å². The molecular formula is C10H12ClF4N. The molecule has 0 aromatic heterocycles. The van der Waals surface area contributed by atoms with Gasteiger partial charge in [-0.25, -0.2) is 17.6 Å². The average Bonchev–Trinajstić information content (AvgIpc) is 2.16. The van der Waals surface area contributed by atoms with Gasteiger partial charge in [0.2, 0.25) is 0 Å². The minimum Gasteiger partial charge on any atom is -0.324 e. The van der Waals surface area contributed by atoms with E-state index in [2.05, 4.69) is 0 Å². The molecule has 0 aliphatic rings. The van der Waals surface area contributed by atoms with E-state index in [0.717, 1.165) is 0 Å².